The van der Waals surface area contributed by atoms with Gasteiger partial charge < -0.3 is 9.88 Å². The second-order valence-electron chi connectivity index (χ2n) is 8.55. The molecule has 1 amide bonds. The lowest BCUT2D eigenvalue weighted by molar-refractivity contribution is -0.120. The fraction of sp³-hybridized carbons (Fsp3) is 0.565. The number of likely N-dealkylation sites (tertiary alicyclic amines) is 1. The molecule has 0 unspecified atom stereocenters. The van der Waals surface area contributed by atoms with E-state index in [1.165, 1.54) is 30.2 Å². The van der Waals surface area contributed by atoms with Crippen LogP contribution in [0.4, 0.5) is 0 Å². The number of hydrogen-bond acceptors (Lipinski definition) is 6. The molecule has 7 nitrogen and oxygen atoms in total. The number of benzene rings is 1. The molecule has 1 saturated carbocycles. The summed E-state index contributed by atoms with van der Waals surface area (Å²) in [5, 5.41) is 22.3. The first-order valence-electron chi connectivity index (χ1n) is 11.2. The zero-order valence-corrected chi connectivity index (χ0v) is 18.7. The summed E-state index contributed by atoms with van der Waals surface area (Å²) >= 11 is 1.40. The molecular weight excluding hydrogens is 408 g/mol. The summed E-state index contributed by atoms with van der Waals surface area (Å²) in [4.78, 5) is 15.1. The summed E-state index contributed by atoms with van der Waals surface area (Å²) in [5.74, 6) is 1.07. The average Bonchev–Trinajstić information content (AvgIpc) is 3.44. The zero-order valence-electron chi connectivity index (χ0n) is 17.9. The van der Waals surface area contributed by atoms with Crippen molar-refractivity contribution in [3.8, 4) is 6.07 Å². The Labute approximate surface area is 188 Å². The molecule has 0 atom stereocenters. The first kappa shape index (κ1) is 21.8. The summed E-state index contributed by atoms with van der Waals surface area (Å²) in [5.41, 5.74) is 0.482. The summed E-state index contributed by atoms with van der Waals surface area (Å²) in [6.07, 6.45) is 7.06. The van der Waals surface area contributed by atoms with Crippen molar-refractivity contribution in [2.24, 2.45) is 0 Å². The molecule has 2 aromatic rings. The molecule has 2 aliphatic rings. The first-order valence-corrected chi connectivity index (χ1v) is 12.2. The lowest BCUT2D eigenvalue weighted by Gasteiger charge is -2.31. The Kier molecular flexibility index (Phi) is 7.25. The molecule has 164 valence electrons. The van der Waals surface area contributed by atoms with Crippen molar-refractivity contribution in [2.75, 3.05) is 18.8 Å². The number of nitriles is 1. The molecule has 1 N–H and O–H groups in total. The number of rotatable bonds is 8. The normalized spacial score (nSPS) is 18.5. The summed E-state index contributed by atoms with van der Waals surface area (Å²) in [6.45, 7) is 3.66. The Balaban J connectivity index is 1.44. The number of nitrogens with one attached hydrogen (secondary N) is 1. The fourth-order valence-corrected chi connectivity index (χ4v) is 5.22. The molecule has 2 fully saturated rings. The Morgan fingerprint density at radius 1 is 1.06 bits per heavy atom. The van der Waals surface area contributed by atoms with Gasteiger partial charge in [0.05, 0.1) is 24.9 Å². The third kappa shape index (κ3) is 5.66. The third-order valence-electron chi connectivity index (χ3n) is 6.17. The quantitative estimate of drug-likeness (QED) is 0.636. The fourth-order valence-electron chi connectivity index (χ4n) is 4.46. The molecule has 1 aromatic carbocycles. The van der Waals surface area contributed by atoms with Crippen molar-refractivity contribution in [3.63, 3.8) is 0 Å². The molecule has 1 saturated heterocycles. The Morgan fingerprint density at radius 3 is 2.52 bits per heavy atom. The van der Waals surface area contributed by atoms with E-state index in [-0.39, 0.29) is 11.7 Å². The van der Waals surface area contributed by atoms with E-state index in [1.807, 2.05) is 18.2 Å². The van der Waals surface area contributed by atoms with Gasteiger partial charge in [0.15, 0.2) is 5.16 Å². The molecule has 4 rings (SSSR count). The molecule has 0 bridgehead atoms. The molecule has 1 aliphatic heterocycles. The summed E-state index contributed by atoms with van der Waals surface area (Å²) in [6, 6.07) is 12.6. The van der Waals surface area contributed by atoms with Crippen LogP contribution >= 0.6 is 11.8 Å². The number of aromatic nitrogens is 3. The Bertz CT molecular complexity index is 910. The minimum Gasteiger partial charge on any atom is -0.337 e. The molecule has 2 heterocycles. The van der Waals surface area contributed by atoms with Gasteiger partial charge in [-0.25, -0.2) is 0 Å². The van der Waals surface area contributed by atoms with E-state index in [0.29, 0.717) is 6.54 Å². The largest absolute Gasteiger partial charge is 0.337 e. The van der Waals surface area contributed by atoms with E-state index in [0.717, 1.165) is 62.7 Å². The third-order valence-corrected chi connectivity index (χ3v) is 7.14. The standard InChI is InChI=1S/C23H30N6OS/c24-18-23(11-5-2-6-12-23)25-21(30)17-31-22-27-26-20(16-28-13-7-8-14-28)29(22)15-19-9-3-1-4-10-19/h1,3-4,9-10H,2,5-8,11-17H2,(H,25,30). The average molecular weight is 439 g/mol. The van der Waals surface area contributed by atoms with Crippen LogP contribution in [0.2, 0.25) is 0 Å². The summed E-state index contributed by atoms with van der Waals surface area (Å²) < 4.78 is 2.13. The van der Waals surface area contributed by atoms with E-state index in [2.05, 4.69) is 43.2 Å². The zero-order chi connectivity index (χ0) is 21.5. The SMILES string of the molecule is N#CC1(NC(=O)CSc2nnc(CN3CCCC3)n2Cc2ccccc2)CCCCC1. The van der Waals surface area contributed by atoms with Gasteiger partial charge in [0.25, 0.3) is 0 Å². The van der Waals surface area contributed by atoms with Gasteiger partial charge in [-0.1, -0.05) is 61.4 Å². The molecular formula is C23H30N6OS. The van der Waals surface area contributed by atoms with Crippen LogP contribution in [0.3, 0.4) is 0 Å². The Hall–Kier alpha value is -2.37. The van der Waals surface area contributed by atoms with Crippen LogP contribution < -0.4 is 5.32 Å². The number of carbonyl (C=O) groups is 1. The highest BCUT2D eigenvalue weighted by atomic mass is 32.2. The topological polar surface area (TPSA) is 86.8 Å². The van der Waals surface area contributed by atoms with Crippen LogP contribution in [0.15, 0.2) is 35.5 Å². The number of thioether (sulfide) groups is 1. The van der Waals surface area contributed by atoms with Crippen molar-refractivity contribution < 1.29 is 4.79 Å². The maximum absolute atomic E-state index is 12.7. The van der Waals surface area contributed by atoms with E-state index >= 15 is 0 Å². The highest BCUT2D eigenvalue weighted by Gasteiger charge is 2.33. The van der Waals surface area contributed by atoms with Gasteiger partial charge in [-0.3, -0.25) is 9.69 Å². The van der Waals surface area contributed by atoms with Crippen molar-refractivity contribution in [3.05, 3.63) is 41.7 Å². The second kappa shape index (κ2) is 10.3. The van der Waals surface area contributed by atoms with Crippen LogP contribution in [-0.4, -0.2) is 50.0 Å². The molecule has 1 aromatic heterocycles. The van der Waals surface area contributed by atoms with Gasteiger partial charge >= 0.3 is 0 Å². The van der Waals surface area contributed by atoms with E-state index < -0.39 is 5.54 Å². The Morgan fingerprint density at radius 2 is 1.81 bits per heavy atom. The summed E-state index contributed by atoms with van der Waals surface area (Å²) in [7, 11) is 0. The molecule has 0 radical (unpaired) electrons. The lowest BCUT2D eigenvalue weighted by atomic mass is 9.83. The second-order valence-corrected chi connectivity index (χ2v) is 9.49. The first-order chi connectivity index (χ1) is 15.2. The molecule has 0 spiro atoms. The van der Waals surface area contributed by atoms with Gasteiger partial charge in [-0.15, -0.1) is 10.2 Å². The van der Waals surface area contributed by atoms with Gasteiger partial charge in [-0.2, -0.15) is 5.26 Å². The van der Waals surface area contributed by atoms with Gasteiger partial charge in [0.2, 0.25) is 5.91 Å². The predicted octanol–water partition coefficient (Wildman–Crippen LogP) is 3.36. The van der Waals surface area contributed by atoms with Gasteiger partial charge in [-0.05, 0) is 44.3 Å². The predicted molar refractivity (Wildman–Crippen MR) is 120 cm³/mol. The van der Waals surface area contributed by atoms with Crippen LogP contribution in [0, 0.1) is 11.3 Å². The van der Waals surface area contributed by atoms with E-state index in [9.17, 15) is 10.1 Å². The number of amides is 1. The monoisotopic (exact) mass is 438 g/mol. The highest BCUT2D eigenvalue weighted by Crippen LogP contribution is 2.28. The highest BCUT2D eigenvalue weighted by molar-refractivity contribution is 7.99. The van der Waals surface area contributed by atoms with Gasteiger partial charge in [0, 0.05) is 0 Å². The smallest absolute Gasteiger partial charge is 0.231 e. The van der Waals surface area contributed by atoms with E-state index in [1.54, 1.807) is 0 Å². The van der Waals surface area contributed by atoms with E-state index in [4.69, 9.17) is 0 Å². The minimum atomic E-state index is -0.700. The van der Waals surface area contributed by atoms with Crippen LogP contribution in [0.5, 0.6) is 0 Å². The van der Waals surface area contributed by atoms with Gasteiger partial charge in [0.1, 0.15) is 11.4 Å². The maximum atomic E-state index is 12.7. The van der Waals surface area contributed by atoms with Crippen LogP contribution in [-0.2, 0) is 17.9 Å². The molecule has 31 heavy (non-hydrogen) atoms. The number of nitrogens with zero attached hydrogens (tertiary/aromatic N) is 5. The van der Waals surface area contributed by atoms with Crippen molar-refractivity contribution >= 4 is 17.7 Å². The molecule has 1 aliphatic carbocycles. The maximum Gasteiger partial charge on any atom is 0.231 e. The minimum absolute atomic E-state index is 0.108. The lowest BCUT2D eigenvalue weighted by Crippen LogP contribution is -2.49. The van der Waals surface area contributed by atoms with Crippen molar-refractivity contribution in [1.82, 2.24) is 25.0 Å². The van der Waals surface area contributed by atoms with Crippen LogP contribution in [0.1, 0.15) is 56.3 Å². The van der Waals surface area contributed by atoms with Crippen LogP contribution in [0.25, 0.3) is 0 Å². The van der Waals surface area contributed by atoms with Crippen molar-refractivity contribution in [1.29, 1.82) is 5.26 Å². The number of hydrogen-bond donors (Lipinski definition) is 1. The molecule has 8 heteroatoms. The number of carbonyl (C=O) groups excluding carboxylic acids is 1. The van der Waals surface area contributed by atoms with Crippen molar-refractivity contribution in [2.45, 2.75) is 68.7 Å².